The Morgan fingerprint density at radius 3 is 2.76 bits per heavy atom. The molecular weight excluding hydrogens is 390 g/mol. The van der Waals surface area contributed by atoms with Crippen molar-refractivity contribution in [3.05, 3.63) is 59.2 Å². The highest BCUT2D eigenvalue weighted by Crippen LogP contribution is 2.28. The molecule has 2 aromatic carbocycles. The van der Waals surface area contributed by atoms with Gasteiger partial charge in [-0.25, -0.2) is 4.98 Å². The number of rotatable bonds is 6. The molecule has 8 heteroatoms. The Morgan fingerprint density at radius 2 is 1.93 bits per heavy atom. The molecule has 0 fully saturated rings. The fourth-order valence-corrected chi connectivity index (χ4v) is 4.01. The Kier molecular flexibility index (Phi) is 5.26. The van der Waals surface area contributed by atoms with Crippen molar-refractivity contribution in [3.63, 3.8) is 0 Å². The lowest BCUT2D eigenvalue weighted by molar-refractivity contribution is -0.151. The summed E-state index contributed by atoms with van der Waals surface area (Å²) in [6.45, 7) is 1.57. The van der Waals surface area contributed by atoms with E-state index >= 15 is 0 Å². The van der Waals surface area contributed by atoms with Gasteiger partial charge < -0.3 is 14.2 Å². The van der Waals surface area contributed by atoms with Crippen LogP contribution in [0.3, 0.4) is 0 Å². The van der Waals surface area contributed by atoms with Crippen molar-refractivity contribution >= 4 is 44.4 Å². The molecule has 0 aliphatic rings. The van der Waals surface area contributed by atoms with Crippen molar-refractivity contribution in [2.45, 2.75) is 19.4 Å². The molecule has 0 saturated heterocycles. The van der Waals surface area contributed by atoms with Gasteiger partial charge in [-0.15, -0.1) is 11.3 Å². The van der Waals surface area contributed by atoms with Crippen LogP contribution >= 0.6 is 11.3 Å². The van der Waals surface area contributed by atoms with Crippen LogP contribution in [0.25, 0.3) is 21.2 Å². The number of amides is 1. The highest BCUT2D eigenvalue weighted by Gasteiger charge is 2.22. The van der Waals surface area contributed by atoms with Crippen LogP contribution in [0.5, 0.6) is 0 Å². The van der Waals surface area contributed by atoms with Gasteiger partial charge in [0.25, 0.3) is 5.91 Å². The summed E-state index contributed by atoms with van der Waals surface area (Å²) in [6, 6.07) is 14.9. The minimum Gasteiger partial charge on any atom is -0.455 e. The molecule has 2 heterocycles. The highest BCUT2D eigenvalue weighted by molar-refractivity contribution is 7.18. The number of carbonyl (C=O) groups is 2. The Balaban J connectivity index is 1.35. The fraction of sp³-hybridized carbons (Fsp3) is 0.238. The van der Waals surface area contributed by atoms with Gasteiger partial charge in [0.15, 0.2) is 12.2 Å². The van der Waals surface area contributed by atoms with E-state index in [4.69, 9.17) is 9.26 Å². The van der Waals surface area contributed by atoms with E-state index in [1.54, 1.807) is 24.5 Å². The topological polar surface area (TPSA) is 85.5 Å². The maximum absolute atomic E-state index is 12.5. The third kappa shape index (κ3) is 3.97. The molecule has 0 radical (unpaired) electrons. The molecule has 0 aliphatic carbocycles. The average molecular weight is 409 g/mol. The van der Waals surface area contributed by atoms with Gasteiger partial charge in [0.05, 0.1) is 22.7 Å². The largest absolute Gasteiger partial charge is 0.455 e. The second kappa shape index (κ2) is 8.00. The SMILES string of the molecule is C[C@@H](c1nc2ccccc2s1)N(C)C(=O)COC(=O)Cc1noc2ccccc12. The van der Waals surface area contributed by atoms with Crippen LogP contribution in [0.4, 0.5) is 0 Å². The second-order valence-corrected chi connectivity index (χ2v) is 7.73. The predicted molar refractivity (Wildman–Crippen MR) is 109 cm³/mol. The first-order chi connectivity index (χ1) is 14.0. The molecule has 148 valence electrons. The summed E-state index contributed by atoms with van der Waals surface area (Å²) in [5.41, 5.74) is 2.01. The third-order valence-corrected chi connectivity index (χ3v) is 5.97. The van der Waals surface area contributed by atoms with Crippen LogP contribution in [0.2, 0.25) is 0 Å². The van der Waals surface area contributed by atoms with Gasteiger partial charge >= 0.3 is 5.97 Å². The maximum atomic E-state index is 12.5. The molecule has 0 aliphatic heterocycles. The molecule has 0 unspecified atom stereocenters. The monoisotopic (exact) mass is 409 g/mol. The normalized spacial score (nSPS) is 12.2. The van der Waals surface area contributed by atoms with Gasteiger partial charge in [-0.3, -0.25) is 9.59 Å². The number of para-hydroxylation sites is 2. The van der Waals surface area contributed by atoms with Gasteiger partial charge in [0.2, 0.25) is 0 Å². The Hall–Kier alpha value is -3.26. The number of hydrogen-bond acceptors (Lipinski definition) is 7. The van der Waals surface area contributed by atoms with E-state index in [0.29, 0.717) is 11.3 Å². The van der Waals surface area contributed by atoms with Gasteiger partial charge in [-0.1, -0.05) is 29.4 Å². The highest BCUT2D eigenvalue weighted by atomic mass is 32.1. The maximum Gasteiger partial charge on any atom is 0.312 e. The lowest BCUT2D eigenvalue weighted by atomic mass is 10.2. The lowest BCUT2D eigenvalue weighted by Gasteiger charge is -2.23. The van der Waals surface area contributed by atoms with Gasteiger partial charge in [0, 0.05) is 12.4 Å². The number of aromatic nitrogens is 2. The summed E-state index contributed by atoms with van der Waals surface area (Å²) < 4.78 is 11.4. The van der Waals surface area contributed by atoms with E-state index in [0.717, 1.165) is 20.6 Å². The molecule has 1 atom stereocenters. The van der Waals surface area contributed by atoms with Crippen molar-refractivity contribution in [3.8, 4) is 0 Å². The lowest BCUT2D eigenvalue weighted by Crippen LogP contribution is -2.33. The number of thiazole rings is 1. The van der Waals surface area contributed by atoms with Gasteiger partial charge in [0.1, 0.15) is 10.7 Å². The molecular formula is C21H19N3O4S. The van der Waals surface area contributed by atoms with Crippen molar-refractivity contribution in [2.75, 3.05) is 13.7 Å². The van der Waals surface area contributed by atoms with Crippen LogP contribution in [-0.4, -0.2) is 40.6 Å². The molecule has 0 N–H and O–H groups in total. The van der Waals surface area contributed by atoms with E-state index in [-0.39, 0.29) is 25.0 Å². The molecule has 0 bridgehead atoms. The predicted octanol–water partition coefficient (Wildman–Crippen LogP) is 3.74. The Morgan fingerprint density at radius 1 is 1.17 bits per heavy atom. The van der Waals surface area contributed by atoms with Gasteiger partial charge in [-0.05, 0) is 31.2 Å². The van der Waals surface area contributed by atoms with E-state index in [1.807, 2.05) is 49.4 Å². The zero-order chi connectivity index (χ0) is 20.4. The van der Waals surface area contributed by atoms with E-state index in [9.17, 15) is 9.59 Å². The van der Waals surface area contributed by atoms with Crippen molar-refractivity contribution in [2.24, 2.45) is 0 Å². The van der Waals surface area contributed by atoms with E-state index in [1.165, 1.54) is 4.90 Å². The van der Waals surface area contributed by atoms with Crippen LogP contribution in [0.1, 0.15) is 23.7 Å². The molecule has 4 rings (SSSR count). The number of carbonyl (C=O) groups excluding carboxylic acids is 2. The summed E-state index contributed by atoms with van der Waals surface area (Å²) in [5, 5.41) is 5.51. The third-order valence-electron chi connectivity index (χ3n) is 4.76. The molecule has 1 amide bonds. The number of likely N-dealkylation sites (N-methyl/N-ethyl adjacent to an activating group) is 1. The molecule has 0 saturated carbocycles. The average Bonchev–Trinajstić information content (AvgIpc) is 3.35. The van der Waals surface area contributed by atoms with Gasteiger partial charge in [-0.2, -0.15) is 0 Å². The minimum atomic E-state index is -0.529. The standard InChI is InChI=1S/C21H19N3O4S/c1-13(21-22-15-8-4-6-10-18(15)29-21)24(2)19(25)12-27-20(26)11-16-14-7-3-5-9-17(14)28-23-16/h3-10,13H,11-12H2,1-2H3/t13-/m0/s1. The summed E-state index contributed by atoms with van der Waals surface area (Å²) in [4.78, 5) is 30.8. The zero-order valence-corrected chi connectivity index (χ0v) is 16.8. The minimum absolute atomic E-state index is 0.0541. The quantitative estimate of drug-likeness (QED) is 0.451. The first-order valence-corrected chi connectivity index (χ1v) is 9.94. The number of hydrogen-bond donors (Lipinski definition) is 0. The number of esters is 1. The Labute approximate surface area is 170 Å². The van der Waals surface area contributed by atoms with Crippen LogP contribution < -0.4 is 0 Å². The van der Waals surface area contributed by atoms with E-state index < -0.39 is 5.97 Å². The first-order valence-electron chi connectivity index (χ1n) is 9.13. The second-order valence-electron chi connectivity index (χ2n) is 6.66. The summed E-state index contributed by atoms with van der Waals surface area (Å²) in [7, 11) is 1.68. The summed E-state index contributed by atoms with van der Waals surface area (Å²) >= 11 is 1.55. The number of nitrogens with zero attached hydrogens (tertiary/aromatic N) is 3. The van der Waals surface area contributed by atoms with Crippen molar-refractivity contribution < 1.29 is 18.8 Å². The molecule has 4 aromatic rings. The number of ether oxygens (including phenoxy) is 1. The number of benzene rings is 2. The molecule has 7 nitrogen and oxygen atoms in total. The summed E-state index contributed by atoms with van der Waals surface area (Å²) in [6.07, 6.45) is -0.0541. The number of fused-ring (bicyclic) bond motifs is 2. The first kappa shape index (κ1) is 19.1. The van der Waals surface area contributed by atoms with Crippen molar-refractivity contribution in [1.29, 1.82) is 0 Å². The molecule has 0 spiro atoms. The Bertz CT molecular complexity index is 1150. The van der Waals surface area contributed by atoms with Crippen LogP contribution in [0.15, 0.2) is 53.1 Å². The molecule has 2 aromatic heterocycles. The zero-order valence-electron chi connectivity index (χ0n) is 16.0. The smallest absolute Gasteiger partial charge is 0.312 e. The molecule has 29 heavy (non-hydrogen) atoms. The fourth-order valence-electron chi connectivity index (χ4n) is 2.95. The van der Waals surface area contributed by atoms with Crippen LogP contribution in [-0.2, 0) is 20.7 Å². The van der Waals surface area contributed by atoms with E-state index in [2.05, 4.69) is 10.1 Å². The summed E-state index contributed by atoms with van der Waals surface area (Å²) in [5.74, 6) is -0.825. The van der Waals surface area contributed by atoms with Crippen LogP contribution in [0, 0.1) is 0 Å². The van der Waals surface area contributed by atoms with Crippen molar-refractivity contribution in [1.82, 2.24) is 15.0 Å².